The number of carbonyl (C=O) groups is 1. The van der Waals surface area contributed by atoms with Crippen LogP contribution in [0.15, 0.2) is 54.6 Å². The van der Waals surface area contributed by atoms with E-state index >= 15 is 0 Å². The molecule has 0 saturated carbocycles. The van der Waals surface area contributed by atoms with Crippen LogP contribution in [0.1, 0.15) is 31.4 Å². The maximum Gasteiger partial charge on any atom is 0.573 e. The van der Waals surface area contributed by atoms with Crippen molar-refractivity contribution in [2.45, 2.75) is 44.3 Å². The number of hydrogen-bond donors (Lipinski definition) is 1. The lowest BCUT2D eigenvalue weighted by molar-refractivity contribution is -0.274. The van der Waals surface area contributed by atoms with Gasteiger partial charge in [-0.15, -0.1) is 13.2 Å². The number of rotatable bonds is 4. The maximum absolute atomic E-state index is 12.6. The lowest BCUT2D eigenvalue weighted by Crippen LogP contribution is -2.50. The molecule has 2 heterocycles. The lowest BCUT2D eigenvalue weighted by Gasteiger charge is -2.38. The van der Waals surface area contributed by atoms with Gasteiger partial charge in [0.1, 0.15) is 11.9 Å². The Hall–Kier alpha value is -3.01. The highest BCUT2D eigenvalue weighted by Gasteiger charge is 2.44. The van der Waals surface area contributed by atoms with Crippen LogP contribution in [0, 0.1) is 0 Å². The molecule has 0 aliphatic carbocycles. The largest absolute Gasteiger partial charge is 0.573 e. The standard InChI is InChI=1S/C23H24F3N3O3S/c1-15-20(16-5-3-2-4-6-16)31-22(30)29(15)18-11-13-28(14-12-18)21(33)27-17-7-9-19(10-8-17)32-23(24,25)26/h2-10,15,18,20H,11-14H2,1H3,(H,27,33)/t15-,20-/m1/s1. The summed E-state index contributed by atoms with van der Waals surface area (Å²) in [6, 6.07) is 15.1. The topological polar surface area (TPSA) is 54.0 Å². The third-order valence-electron chi connectivity index (χ3n) is 5.93. The second-order valence-corrected chi connectivity index (χ2v) is 8.47. The number of cyclic esters (lactones) is 1. The Morgan fingerprint density at radius 3 is 2.33 bits per heavy atom. The van der Waals surface area contributed by atoms with Crippen molar-refractivity contribution in [1.82, 2.24) is 9.80 Å². The van der Waals surface area contributed by atoms with Crippen LogP contribution < -0.4 is 10.1 Å². The number of halogens is 3. The average Bonchev–Trinajstić information content (AvgIpc) is 3.08. The lowest BCUT2D eigenvalue weighted by atomic mass is 9.98. The first-order valence-electron chi connectivity index (χ1n) is 10.7. The summed E-state index contributed by atoms with van der Waals surface area (Å²) in [5.41, 5.74) is 1.55. The molecule has 176 valence electrons. The fourth-order valence-corrected chi connectivity index (χ4v) is 4.64. The first kappa shape index (κ1) is 23.2. The summed E-state index contributed by atoms with van der Waals surface area (Å²) < 4.78 is 46.4. The number of ether oxygens (including phenoxy) is 2. The molecule has 1 N–H and O–H groups in total. The number of carbonyl (C=O) groups excluding carboxylic acids is 1. The van der Waals surface area contributed by atoms with Crippen LogP contribution in [0.4, 0.5) is 23.7 Å². The SMILES string of the molecule is C[C@@H]1[C@H](c2ccccc2)OC(=O)N1C1CCN(C(=S)Nc2ccc(OC(F)(F)F)cc2)CC1. The third kappa shape index (κ3) is 5.50. The van der Waals surface area contributed by atoms with Crippen molar-refractivity contribution < 1.29 is 27.4 Å². The molecule has 2 fully saturated rings. The highest BCUT2D eigenvalue weighted by Crippen LogP contribution is 2.35. The molecule has 0 unspecified atom stereocenters. The fraction of sp³-hybridized carbons (Fsp3) is 0.391. The Kier molecular flexibility index (Phi) is 6.64. The van der Waals surface area contributed by atoms with E-state index in [1.165, 1.54) is 24.3 Å². The van der Waals surface area contributed by atoms with E-state index in [9.17, 15) is 18.0 Å². The number of piperidine rings is 1. The Morgan fingerprint density at radius 1 is 1.09 bits per heavy atom. The van der Waals surface area contributed by atoms with E-state index < -0.39 is 6.36 Å². The molecule has 1 amide bonds. The smallest absolute Gasteiger partial charge is 0.439 e. The first-order chi connectivity index (χ1) is 15.7. The van der Waals surface area contributed by atoms with Crippen molar-refractivity contribution in [3.63, 3.8) is 0 Å². The molecule has 2 saturated heterocycles. The molecule has 2 aromatic carbocycles. The van der Waals surface area contributed by atoms with Gasteiger partial charge in [0.05, 0.1) is 6.04 Å². The molecule has 0 radical (unpaired) electrons. The van der Waals surface area contributed by atoms with Crippen LogP contribution in [0.25, 0.3) is 0 Å². The van der Waals surface area contributed by atoms with E-state index in [1.54, 1.807) is 0 Å². The first-order valence-corrected chi connectivity index (χ1v) is 11.1. The molecule has 0 spiro atoms. The zero-order valence-electron chi connectivity index (χ0n) is 17.9. The Bertz CT molecular complexity index is 980. The Balaban J connectivity index is 1.30. The average molecular weight is 480 g/mol. The van der Waals surface area contributed by atoms with Gasteiger partial charge in [0.15, 0.2) is 5.11 Å². The van der Waals surface area contributed by atoms with E-state index in [4.69, 9.17) is 17.0 Å². The molecule has 0 bridgehead atoms. The van der Waals surface area contributed by atoms with Crippen LogP contribution in [-0.2, 0) is 4.74 Å². The van der Waals surface area contributed by atoms with Crippen molar-refractivity contribution in [3.05, 3.63) is 60.2 Å². The molecule has 2 aliphatic rings. The summed E-state index contributed by atoms with van der Waals surface area (Å²) in [5, 5.41) is 3.53. The van der Waals surface area contributed by atoms with Gasteiger partial charge in [-0.3, -0.25) is 4.90 Å². The number of nitrogens with zero attached hydrogens (tertiary/aromatic N) is 2. The molecular formula is C23H24F3N3O3S. The van der Waals surface area contributed by atoms with Crippen LogP contribution in [0.2, 0.25) is 0 Å². The van der Waals surface area contributed by atoms with Gasteiger partial charge in [-0.1, -0.05) is 30.3 Å². The number of benzene rings is 2. The summed E-state index contributed by atoms with van der Waals surface area (Å²) in [5.74, 6) is -0.291. The summed E-state index contributed by atoms with van der Waals surface area (Å²) in [6.07, 6.45) is -3.84. The van der Waals surface area contributed by atoms with E-state index in [-0.39, 0.29) is 30.0 Å². The van der Waals surface area contributed by atoms with Crippen molar-refractivity contribution in [2.75, 3.05) is 18.4 Å². The minimum Gasteiger partial charge on any atom is -0.439 e. The predicted octanol–water partition coefficient (Wildman–Crippen LogP) is 5.33. The number of amides is 1. The van der Waals surface area contributed by atoms with Crippen molar-refractivity contribution >= 4 is 29.1 Å². The second-order valence-electron chi connectivity index (χ2n) is 8.08. The molecule has 2 aromatic rings. The van der Waals surface area contributed by atoms with Crippen LogP contribution >= 0.6 is 12.2 Å². The zero-order valence-corrected chi connectivity index (χ0v) is 18.7. The van der Waals surface area contributed by atoms with E-state index in [0.717, 1.165) is 18.4 Å². The fourth-order valence-electron chi connectivity index (χ4n) is 4.34. The minimum atomic E-state index is -4.73. The summed E-state index contributed by atoms with van der Waals surface area (Å²) in [7, 11) is 0. The highest BCUT2D eigenvalue weighted by molar-refractivity contribution is 7.80. The van der Waals surface area contributed by atoms with Gasteiger partial charge in [0, 0.05) is 24.8 Å². The van der Waals surface area contributed by atoms with E-state index in [2.05, 4.69) is 10.1 Å². The number of thiocarbonyl (C=S) groups is 1. The summed E-state index contributed by atoms with van der Waals surface area (Å²) in [6.45, 7) is 3.31. The number of hydrogen-bond acceptors (Lipinski definition) is 4. The normalized spacial score (nSPS) is 21.6. The van der Waals surface area contributed by atoms with E-state index in [0.29, 0.717) is 23.9 Å². The molecule has 10 heteroatoms. The van der Waals surface area contributed by atoms with Gasteiger partial charge in [-0.05, 0) is 61.8 Å². The van der Waals surface area contributed by atoms with Crippen molar-refractivity contribution in [2.24, 2.45) is 0 Å². The van der Waals surface area contributed by atoms with Gasteiger partial charge in [0.25, 0.3) is 0 Å². The summed E-state index contributed by atoms with van der Waals surface area (Å²) >= 11 is 5.48. The molecule has 4 rings (SSSR count). The van der Waals surface area contributed by atoms with Gasteiger partial charge in [-0.25, -0.2) is 4.79 Å². The van der Waals surface area contributed by atoms with Gasteiger partial charge >= 0.3 is 12.5 Å². The number of anilines is 1. The quantitative estimate of drug-likeness (QED) is 0.599. The number of alkyl halides is 3. The molecule has 2 atom stereocenters. The molecule has 6 nitrogen and oxygen atoms in total. The van der Waals surface area contributed by atoms with Gasteiger partial charge in [-0.2, -0.15) is 0 Å². The highest BCUT2D eigenvalue weighted by atomic mass is 32.1. The Morgan fingerprint density at radius 2 is 1.73 bits per heavy atom. The van der Waals surface area contributed by atoms with Gasteiger partial charge < -0.3 is 19.7 Å². The maximum atomic E-state index is 12.6. The molecular weight excluding hydrogens is 455 g/mol. The van der Waals surface area contributed by atoms with Crippen LogP contribution in [0.5, 0.6) is 5.75 Å². The minimum absolute atomic E-state index is 0.0547. The van der Waals surface area contributed by atoms with E-state index in [1.807, 2.05) is 47.1 Å². The monoisotopic (exact) mass is 479 g/mol. The predicted molar refractivity (Wildman–Crippen MR) is 121 cm³/mol. The zero-order chi connectivity index (χ0) is 23.6. The molecule has 33 heavy (non-hydrogen) atoms. The second kappa shape index (κ2) is 9.46. The molecule has 0 aromatic heterocycles. The summed E-state index contributed by atoms with van der Waals surface area (Å²) in [4.78, 5) is 16.4. The molecule has 2 aliphatic heterocycles. The van der Waals surface area contributed by atoms with Crippen molar-refractivity contribution in [3.8, 4) is 5.75 Å². The third-order valence-corrected chi connectivity index (χ3v) is 6.29. The Labute approximate surface area is 195 Å². The van der Waals surface area contributed by atoms with Crippen molar-refractivity contribution in [1.29, 1.82) is 0 Å². The van der Waals surface area contributed by atoms with Crippen LogP contribution in [0.3, 0.4) is 0 Å². The van der Waals surface area contributed by atoms with Gasteiger partial charge in [0.2, 0.25) is 0 Å². The van der Waals surface area contributed by atoms with Crippen LogP contribution in [-0.4, -0.2) is 52.5 Å². The number of nitrogens with one attached hydrogen (secondary N) is 1. The number of likely N-dealkylation sites (tertiary alicyclic amines) is 1.